The number of anilines is 1. The topological polar surface area (TPSA) is 81.2 Å². The van der Waals surface area contributed by atoms with Crippen molar-refractivity contribution in [3.63, 3.8) is 0 Å². The molecule has 29 heavy (non-hydrogen) atoms. The molecule has 0 amide bonds. The summed E-state index contributed by atoms with van der Waals surface area (Å²) in [6.45, 7) is 8.62. The highest BCUT2D eigenvalue weighted by Gasteiger charge is 2.18. The van der Waals surface area contributed by atoms with Crippen molar-refractivity contribution in [2.24, 2.45) is 0 Å². The van der Waals surface area contributed by atoms with Crippen molar-refractivity contribution in [2.45, 2.75) is 44.6 Å². The van der Waals surface area contributed by atoms with Gasteiger partial charge >= 0.3 is 0 Å². The first kappa shape index (κ1) is 20.8. The maximum Gasteiger partial charge on any atom is 0.263 e. The number of aromatic nitrogens is 2. The van der Waals surface area contributed by atoms with Gasteiger partial charge in [-0.15, -0.1) is 0 Å². The fourth-order valence-electron chi connectivity index (χ4n) is 2.66. The first-order chi connectivity index (χ1) is 13.6. The summed E-state index contributed by atoms with van der Waals surface area (Å²) in [6, 6.07) is 14.7. The molecule has 0 bridgehead atoms. The van der Waals surface area contributed by atoms with Crippen LogP contribution in [0.3, 0.4) is 0 Å². The molecule has 0 spiro atoms. The molecule has 0 aliphatic carbocycles. The lowest BCUT2D eigenvalue weighted by molar-refractivity contribution is 0.294. The molecule has 0 fully saturated rings. The molecule has 0 aliphatic heterocycles. The maximum atomic E-state index is 12.6. The first-order valence-electron chi connectivity index (χ1n) is 9.28. The predicted molar refractivity (Wildman–Crippen MR) is 113 cm³/mol. The Morgan fingerprint density at radius 2 is 1.55 bits per heavy atom. The van der Waals surface area contributed by atoms with E-state index in [1.807, 2.05) is 19.1 Å². The zero-order chi connectivity index (χ0) is 21.1. The van der Waals surface area contributed by atoms with E-state index in [4.69, 9.17) is 4.74 Å². The molecular formula is C22H25N3O3S. The van der Waals surface area contributed by atoms with E-state index in [1.165, 1.54) is 18.0 Å². The molecule has 3 aromatic rings. The third-order valence-electron chi connectivity index (χ3n) is 4.42. The number of nitrogens with zero attached hydrogens (tertiary/aromatic N) is 2. The molecule has 0 radical (unpaired) electrons. The van der Waals surface area contributed by atoms with Crippen LogP contribution in [0.25, 0.3) is 0 Å². The Morgan fingerprint density at radius 1 is 0.931 bits per heavy atom. The van der Waals surface area contributed by atoms with Crippen molar-refractivity contribution in [3.05, 3.63) is 77.6 Å². The number of hydrogen-bond acceptors (Lipinski definition) is 5. The zero-order valence-electron chi connectivity index (χ0n) is 17.0. The number of benzene rings is 2. The summed E-state index contributed by atoms with van der Waals surface area (Å²) in [5, 5.41) is 0. The van der Waals surface area contributed by atoms with E-state index in [2.05, 4.69) is 47.6 Å². The van der Waals surface area contributed by atoms with Crippen LogP contribution in [-0.2, 0) is 22.0 Å². The molecule has 1 heterocycles. The van der Waals surface area contributed by atoms with E-state index in [1.54, 1.807) is 24.3 Å². The monoisotopic (exact) mass is 411 g/mol. The molecule has 3 rings (SSSR count). The van der Waals surface area contributed by atoms with Gasteiger partial charge in [-0.2, -0.15) is 0 Å². The molecule has 0 saturated carbocycles. The number of aryl methyl sites for hydroxylation is 1. The summed E-state index contributed by atoms with van der Waals surface area (Å²) in [6.07, 6.45) is 2.87. The Kier molecular flexibility index (Phi) is 5.88. The number of sulfonamides is 1. The number of hydrogen-bond donors (Lipinski definition) is 1. The molecular weight excluding hydrogens is 386 g/mol. The second-order valence-corrected chi connectivity index (χ2v) is 9.55. The van der Waals surface area contributed by atoms with Crippen LogP contribution in [0.15, 0.2) is 65.8 Å². The van der Waals surface area contributed by atoms with Crippen molar-refractivity contribution < 1.29 is 13.2 Å². The molecule has 6 nitrogen and oxygen atoms in total. The number of ether oxygens (including phenoxy) is 1. The van der Waals surface area contributed by atoms with E-state index in [-0.39, 0.29) is 28.6 Å². The molecule has 152 valence electrons. The van der Waals surface area contributed by atoms with Crippen molar-refractivity contribution in [1.82, 2.24) is 9.97 Å². The molecule has 0 atom stereocenters. The molecule has 0 saturated heterocycles. The van der Waals surface area contributed by atoms with Gasteiger partial charge < -0.3 is 4.74 Å². The highest BCUT2D eigenvalue weighted by molar-refractivity contribution is 7.92. The van der Waals surface area contributed by atoms with E-state index in [9.17, 15) is 8.42 Å². The van der Waals surface area contributed by atoms with Crippen molar-refractivity contribution >= 4 is 15.8 Å². The van der Waals surface area contributed by atoms with Gasteiger partial charge in [-0.05, 0) is 35.6 Å². The van der Waals surface area contributed by atoms with Crippen LogP contribution in [0.1, 0.15) is 37.5 Å². The van der Waals surface area contributed by atoms with Crippen LogP contribution in [0, 0.1) is 6.92 Å². The van der Waals surface area contributed by atoms with Crippen LogP contribution in [0.4, 0.5) is 5.82 Å². The smallest absolute Gasteiger partial charge is 0.263 e. The third-order valence-corrected chi connectivity index (χ3v) is 5.78. The van der Waals surface area contributed by atoms with Crippen LogP contribution < -0.4 is 9.46 Å². The SMILES string of the molecule is Cc1ccc(S(=O)(=O)Nc2nccnc2OCc2ccc(C(C)(C)C)cc2)cc1. The fourth-order valence-corrected chi connectivity index (χ4v) is 3.66. The van der Waals surface area contributed by atoms with Gasteiger partial charge in [0.15, 0.2) is 0 Å². The minimum atomic E-state index is -3.79. The highest BCUT2D eigenvalue weighted by Crippen LogP contribution is 2.25. The van der Waals surface area contributed by atoms with Gasteiger partial charge in [-0.1, -0.05) is 62.7 Å². The van der Waals surface area contributed by atoms with E-state index in [0.717, 1.165) is 11.1 Å². The summed E-state index contributed by atoms with van der Waals surface area (Å²) in [5.74, 6) is 0.183. The van der Waals surface area contributed by atoms with Crippen molar-refractivity contribution in [1.29, 1.82) is 0 Å². The van der Waals surface area contributed by atoms with E-state index >= 15 is 0 Å². The minimum absolute atomic E-state index is 0.0550. The van der Waals surface area contributed by atoms with Gasteiger partial charge in [-0.3, -0.25) is 4.72 Å². The standard InChI is InChI=1S/C22H25N3O3S/c1-16-5-11-19(12-6-16)29(26,27)25-20-21(24-14-13-23-20)28-15-17-7-9-18(10-8-17)22(2,3)4/h5-14H,15H2,1-4H3,(H,23,25). The normalized spacial score (nSPS) is 11.9. The average molecular weight is 412 g/mol. The Labute approximate surface area is 172 Å². The van der Waals surface area contributed by atoms with Gasteiger partial charge in [0, 0.05) is 12.4 Å². The first-order valence-corrected chi connectivity index (χ1v) is 10.8. The van der Waals surface area contributed by atoms with Gasteiger partial charge in [-0.25, -0.2) is 18.4 Å². The van der Waals surface area contributed by atoms with Gasteiger partial charge in [0.2, 0.25) is 5.82 Å². The van der Waals surface area contributed by atoms with Gasteiger partial charge in [0.25, 0.3) is 15.9 Å². The highest BCUT2D eigenvalue weighted by atomic mass is 32.2. The Morgan fingerprint density at radius 3 is 2.17 bits per heavy atom. The van der Waals surface area contributed by atoms with Gasteiger partial charge in [0.05, 0.1) is 4.90 Å². The van der Waals surface area contributed by atoms with Crippen molar-refractivity contribution in [3.8, 4) is 5.88 Å². The van der Waals surface area contributed by atoms with Crippen LogP contribution in [0.2, 0.25) is 0 Å². The Balaban J connectivity index is 1.74. The molecule has 7 heteroatoms. The number of nitrogens with one attached hydrogen (secondary N) is 1. The second kappa shape index (κ2) is 8.21. The lowest BCUT2D eigenvalue weighted by Gasteiger charge is -2.19. The maximum absolute atomic E-state index is 12.6. The summed E-state index contributed by atoms with van der Waals surface area (Å²) >= 11 is 0. The van der Waals surface area contributed by atoms with E-state index < -0.39 is 10.0 Å². The quantitative estimate of drug-likeness (QED) is 0.647. The molecule has 1 N–H and O–H groups in total. The number of rotatable bonds is 6. The third kappa shape index (κ3) is 5.32. The summed E-state index contributed by atoms with van der Waals surface area (Å²) in [7, 11) is -3.79. The lowest BCUT2D eigenvalue weighted by atomic mass is 9.87. The zero-order valence-corrected chi connectivity index (χ0v) is 17.8. The molecule has 0 aliphatic rings. The lowest BCUT2D eigenvalue weighted by Crippen LogP contribution is -2.15. The molecule has 1 aromatic heterocycles. The van der Waals surface area contributed by atoms with E-state index in [0.29, 0.717) is 0 Å². The van der Waals surface area contributed by atoms with Crippen molar-refractivity contribution in [2.75, 3.05) is 4.72 Å². The Bertz CT molecular complexity index is 1070. The fraction of sp³-hybridized carbons (Fsp3) is 0.273. The predicted octanol–water partition coefficient (Wildman–Crippen LogP) is 4.46. The van der Waals surface area contributed by atoms with Gasteiger partial charge in [0.1, 0.15) is 6.61 Å². The summed E-state index contributed by atoms with van der Waals surface area (Å²) < 4.78 is 33.5. The minimum Gasteiger partial charge on any atom is -0.470 e. The Hall–Kier alpha value is -2.93. The van der Waals surface area contributed by atoms with Crippen LogP contribution in [-0.4, -0.2) is 18.4 Å². The summed E-state index contributed by atoms with van der Waals surface area (Å²) in [5.41, 5.74) is 3.24. The second-order valence-electron chi connectivity index (χ2n) is 7.86. The molecule has 0 unspecified atom stereocenters. The van der Waals surface area contributed by atoms with Crippen LogP contribution in [0.5, 0.6) is 5.88 Å². The summed E-state index contributed by atoms with van der Waals surface area (Å²) in [4.78, 5) is 8.37. The van der Waals surface area contributed by atoms with Crippen LogP contribution >= 0.6 is 0 Å². The average Bonchev–Trinajstić information content (AvgIpc) is 2.67. The molecule has 2 aromatic carbocycles. The largest absolute Gasteiger partial charge is 0.470 e.